The number of halogens is 2. The van der Waals surface area contributed by atoms with Crippen molar-refractivity contribution >= 4 is 46.5 Å². The van der Waals surface area contributed by atoms with Crippen LogP contribution in [0.4, 0.5) is 16.2 Å². The van der Waals surface area contributed by atoms with Gasteiger partial charge in [-0.15, -0.1) is 23.2 Å². The number of carbonyl (C=O) groups is 2. The van der Waals surface area contributed by atoms with Crippen LogP contribution in [-0.4, -0.2) is 29.4 Å². The number of rotatable bonds is 3. The van der Waals surface area contributed by atoms with Gasteiger partial charge in [-0.1, -0.05) is 6.07 Å². The zero-order chi connectivity index (χ0) is 15.9. The lowest BCUT2D eigenvalue weighted by Crippen LogP contribution is -2.38. The first-order valence-electron chi connectivity index (χ1n) is 7.29. The van der Waals surface area contributed by atoms with Crippen molar-refractivity contribution in [2.24, 2.45) is 5.92 Å². The van der Waals surface area contributed by atoms with E-state index in [0.29, 0.717) is 25.2 Å². The van der Waals surface area contributed by atoms with Gasteiger partial charge in [0.15, 0.2) is 0 Å². The van der Waals surface area contributed by atoms with E-state index in [2.05, 4.69) is 10.6 Å². The molecule has 0 saturated heterocycles. The maximum Gasteiger partial charge on any atom is 0.321 e. The number of fused-ring (bicyclic) bond motifs is 1. The van der Waals surface area contributed by atoms with Crippen LogP contribution < -0.4 is 15.5 Å². The molecule has 1 atom stereocenters. The Kier molecular flexibility index (Phi) is 3.95. The summed E-state index contributed by atoms with van der Waals surface area (Å²) in [6, 6.07) is 5.48. The standard InChI is InChI=1S/C15H17Cl2N3O2/c1-2-18-14(22)20-6-5-9-3-4-10(7-12(9)20)19-13(21)11-8-15(11,16)17/h3-4,7,11H,2,5-6,8H2,1H3,(H,18,22)(H,19,21). The van der Waals surface area contributed by atoms with E-state index >= 15 is 0 Å². The molecule has 118 valence electrons. The molecule has 1 aliphatic carbocycles. The molecule has 1 aromatic rings. The van der Waals surface area contributed by atoms with E-state index in [0.717, 1.165) is 17.7 Å². The van der Waals surface area contributed by atoms with Crippen molar-refractivity contribution in [3.8, 4) is 0 Å². The fraction of sp³-hybridized carbons (Fsp3) is 0.467. The minimum Gasteiger partial charge on any atom is -0.338 e. The fourth-order valence-electron chi connectivity index (χ4n) is 2.64. The minimum atomic E-state index is -0.937. The van der Waals surface area contributed by atoms with Crippen LogP contribution in [0.15, 0.2) is 18.2 Å². The molecule has 22 heavy (non-hydrogen) atoms. The van der Waals surface area contributed by atoms with Gasteiger partial charge in [-0.3, -0.25) is 9.69 Å². The average Bonchev–Trinajstić information content (AvgIpc) is 2.93. The van der Waals surface area contributed by atoms with Gasteiger partial charge in [0.2, 0.25) is 5.91 Å². The molecule has 0 spiro atoms. The first-order chi connectivity index (χ1) is 10.4. The van der Waals surface area contributed by atoms with Crippen LogP contribution in [0, 0.1) is 5.92 Å². The maximum atomic E-state index is 12.0. The maximum absolute atomic E-state index is 12.0. The van der Waals surface area contributed by atoms with Crippen LogP contribution in [0.25, 0.3) is 0 Å². The summed E-state index contributed by atoms with van der Waals surface area (Å²) in [5.74, 6) is -0.559. The number of benzene rings is 1. The van der Waals surface area contributed by atoms with Crippen molar-refractivity contribution in [2.75, 3.05) is 23.3 Å². The molecule has 1 saturated carbocycles. The molecule has 1 aromatic carbocycles. The Morgan fingerprint density at radius 1 is 1.41 bits per heavy atom. The molecule has 3 rings (SSSR count). The molecular formula is C15H17Cl2N3O2. The van der Waals surface area contributed by atoms with Crippen molar-refractivity contribution in [2.45, 2.75) is 24.1 Å². The predicted octanol–water partition coefficient (Wildman–Crippen LogP) is 2.91. The summed E-state index contributed by atoms with van der Waals surface area (Å²) < 4.78 is -0.937. The first kappa shape index (κ1) is 15.4. The average molecular weight is 342 g/mol. The third-order valence-electron chi connectivity index (χ3n) is 3.96. The third kappa shape index (κ3) is 2.88. The summed E-state index contributed by atoms with van der Waals surface area (Å²) in [5.41, 5.74) is 2.58. The highest BCUT2D eigenvalue weighted by atomic mass is 35.5. The zero-order valence-electron chi connectivity index (χ0n) is 12.2. The summed E-state index contributed by atoms with van der Waals surface area (Å²) >= 11 is 11.8. The lowest BCUT2D eigenvalue weighted by molar-refractivity contribution is -0.117. The predicted molar refractivity (Wildman–Crippen MR) is 87.7 cm³/mol. The van der Waals surface area contributed by atoms with Crippen LogP contribution in [0.2, 0.25) is 0 Å². The van der Waals surface area contributed by atoms with E-state index in [-0.39, 0.29) is 17.9 Å². The molecule has 2 aliphatic rings. The van der Waals surface area contributed by atoms with Gasteiger partial charge in [0.1, 0.15) is 4.33 Å². The minimum absolute atomic E-state index is 0.118. The Labute approximate surface area is 138 Å². The van der Waals surface area contributed by atoms with Gasteiger partial charge in [-0.25, -0.2) is 4.79 Å². The van der Waals surface area contributed by atoms with Gasteiger partial charge in [0.05, 0.1) is 11.6 Å². The smallest absolute Gasteiger partial charge is 0.321 e. The Hall–Kier alpha value is -1.46. The summed E-state index contributed by atoms with van der Waals surface area (Å²) in [7, 11) is 0. The monoisotopic (exact) mass is 341 g/mol. The first-order valence-corrected chi connectivity index (χ1v) is 8.05. The molecule has 5 nitrogen and oxygen atoms in total. The van der Waals surface area contributed by atoms with E-state index in [1.165, 1.54) is 0 Å². The Morgan fingerprint density at radius 2 is 2.14 bits per heavy atom. The number of hydrogen-bond acceptors (Lipinski definition) is 2. The Balaban J connectivity index is 1.74. The second kappa shape index (κ2) is 5.63. The SMILES string of the molecule is CCNC(=O)N1CCc2ccc(NC(=O)C3CC3(Cl)Cl)cc21. The number of nitrogens with zero attached hydrogens (tertiary/aromatic N) is 1. The van der Waals surface area contributed by atoms with Gasteiger partial charge in [0, 0.05) is 18.8 Å². The topological polar surface area (TPSA) is 61.4 Å². The number of urea groups is 1. The van der Waals surface area contributed by atoms with Crippen molar-refractivity contribution in [1.82, 2.24) is 5.32 Å². The van der Waals surface area contributed by atoms with Crippen molar-refractivity contribution < 1.29 is 9.59 Å². The van der Waals surface area contributed by atoms with Gasteiger partial charge in [-0.05, 0) is 37.5 Å². The molecule has 1 unspecified atom stereocenters. The number of carbonyl (C=O) groups excluding carboxylic acids is 2. The highest BCUT2D eigenvalue weighted by Crippen LogP contribution is 2.53. The fourth-order valence-corrected chi connectivity index (χ4v) is 3.15. The molecule has 0 aromatic heterocycles. The highest BCUT2D eigenvalue weighted by Gasteiger charge is 2.56. The number of anilines is 2. The second-order valence-electron chi connectivity index (χ2n) is 5.59. The van der Waals surface area contributed by atoms with Crippen LogP contribution in [0.3, 0.4) is 0 Å². The number of nitrogens with one attached hydrogen (secondary N) is 2. The van der Waals surface area contributed by atoms with E-state index in [1.807, 2.05) is 25.1 Å². The summed E-state index contributed by atoms with van der Waals surface area (Å²) in [4.78, 5) is 25.8. The molecule has 1 heterocycles. The third-order valence-corrected chi connectivity index (χ3v) is 4.80. The van der Waals surface area contributed by atoms with Crippen LogP contribution in [0.5, 0.6) is 0 Å². The van der Waals surface area contributed by atoms with Gasteiger partial charge < -0.3 is 10.6 Å². The van der Waals surface area contributed by atoms with Crippen LogP contribution in [-0.2, 0) is 11.2 Å². The second-order valence-corrected chi connectivity index (χ2v) is 7.13. The lowest BCUT2D eigenvalue weighted by Gasteiger charge is -2.18. The zero-order valence-corrected chi connectivity index (χ0v) is 13.7. The molecule has 0 bridgehead atoms. The number of amides is 3. The molecule has 2 N–H and O–H groups in total. The van der Waals surface area contributed by atoms with Crippen molar-refractivity contribution in [3.05, 3.63) is 23.8 Å². The van der Waals surface area contributed by atoms with E-state index < -0.39 is 4.33 Å². The highest BCUT2D eigenvalue weighted by molar-refractivity contribution is 6.52. The Morgan fingerprint density at radius 3 is 2.77 bits per heavy atom. The summed E-state index contributed by atoms with van der Waals surface area (Å²) in [6.07, 6.45) is 1.29. The Bertz CT molecular complexity index is 633. The van der Waals surface area contributed by atoms with Crippen molar-refractivity contribution in [1.29, 1.82) is 0 Å². The lowest BCUT2D eigenvalue weighted by atomic mass is 10.1. The van der Waals surface area contributed by atoms with Crippen molar-refractivity contribution in [3.63, 3.8) is 0 Å². The van der Waals surface area contributed by atoms with Gasteiger partial charge in [-0.2, -0.15) is 0 Å². The summed E-state index contributed by atoms with van der Waals surface area (Å²) in [5, 5.41) is 5.61. The van der Waals surface area contributed by atoms with E-state index in [1.54, 1.807) is 4.90 Å². The summed E-state index contributed by atoms with van der Waals surface area (Å²) in [6.45, 7) is 3.11. The van der Waals surface area contributed by atoms with Gasteiger partial charge in [0.25, 0.3) is 0 Å². The van der Waals surface area contributed by atoms with Gasteiger partial charge >= 0.3 is 6.03 Å². The number of alkyl halides is 2. The molecular weight excluding hydrogens is 325 g/mol. The van der Waals surface area contributed by atoms with E-state index in [4.69, 9.17) is 23.2 Å². The number of hydrogen-bond donors (Lipinski definition) is 2. The van der Waals surface area contributed by atoms with Crippen LogP contribution >= 0.6 is 23.2 Å². The largest absolute Gasteiger partial charge is 0.338 e. The molecule has 1 aliphatic heterocycles. The van der Waals surface area contributed by atoms with E-state index in [9.17, 15) is 9.59 Å². The molecule has 0 radical (unpaired) electrons. The molecule has 3 amide bonds. The van der Waals surface area contributed by atoms with Crippen LogP contribution in [0.1, 0.15) is 18.9 Å². The molecule has 7 heteroatoms. The normalized spacial score (nSPS) is 21.2. The molecule has 1 fully saturated rings. The quantitative estimate of drug-likeness (QED) is 0.830.